The molecule has 3 N–H and O–H groups in total. The standard InChI is InChI=1S/C18H25N5O3.ClH/c1-4-7-23-15-14(17(25)22-18(23)26)12(8-13(21-15)11-5-6-11)16(24)20-9-10(2)19-3;/h8,10-11,19H,4-7,9H2,1-3H3,(H,20,24)(H,22,25,26);1H. The monoisotopic (exact) mass is 395 g/mol. The van der Waals surface area contributed by atoms with E-state index in [0.29, 0.717) is 24.7 Å². The second-order valence-electron chi connectivity index (χ2n) is 6.88. The first-order chi connectivity index (χ1) is 12.5. The third-order valence-corrected chi connectivity index (χ3v) is 4.72. The zero-order valence-electron chi connectivity index (χ0n) is 15.8. The number of pyridine rings is 1. The Morgan fingerprint density at radius 2 is 2.11 bits per heavy atom. The lowest BCUT2D eigenvalue weighted by Gasteiger charge is -2.14. The van der Waals surface area contributed by atoms with Gasteiger partial charge in [-0.15, -0.1) is 12.4 Å². The average molecular weight is 396 g/mol. The molecule has 1 atom stereocenters. The molecular weight excluding hydrogens is 370 g/mol. The number of rotatable bonds is 7. The van der Waals surface area contributed by atoms with Crippen molar-refractivity contribution in [3.05, 3.63) is 38.2 Å². The molecule has 2 heterocycles. The highest BCUT2D eigenvalue weighted by molar-refractivity contribution is 6.05. The molecule has 0 saturated heterocycles. The van der Waals surface area contributed by atoms with Gasteiger partial charge in [-0.1, -0.05) is 6.92 Å². The van der Waals surface area contributed by atoms with Crippen LogP contribution in [0.15, 0.2) is 15.7 Å². The van der Waals surface area contributed by atoms with Gasteiger partial charge in [0.15, 0.2) is 5.65 Å². The fourth-order valence-electron chi connectivity index (χ4n) is 2.93. The highest BCUT2D eigenvalue weighted by atomic mass is 35.5. The highest BCUT2D eigenvalue weighted by Gasteiger charge is 2.28. The molecule has 8 nitrogen and oxygen atoms in total. The van der Waals surface area contributed by atoms with Crippen molar-refractivity contribution in [1.29, 1.82) is 0 Å². The molecule has 2 aromatic rings. The number of nitrogens with zero attached hydrogens (tertiary/aromatic N) is 2. The molecule has 1 unspecified atom stereocenters. The van der Waals surface area contributed by atoms with Crippen LogP contribution in [0.1, 0.15) is 55.1 Å². The molecule has 0 radical (unpaired) electrons. The Hall–Kier alpha value is -2.19. The van der Waals surface area contributed by atoms with E-state index >= 15 is 0 Å². The number of likely N-dealkylation sites (N-methyl/N-ethyl adjacent to an activating group) is 1. The van der Waals surface area contributed by atoms with E-state index in [1.807, 2.05) is 20.9 Å². The predicted molar refractivity (Wildman–Crippen MR) is 107 cm³/mol. The molecule has 1 aliphatic rings. The number of aromatic amines is 1. The van der Waals surface area contributed by atoms with Crippen molar-refractivity contribution in [3.8, 4) is 0 Å². The summed E-state index contributed by atoms with van der Waals surface area (Å²) < 4.78 is 1.45. The van der Waals surface area contributed by atoms with E-state index in [4.69, 9.17) is 0 Å². The maximum absolute atomic E-state index is 12.8. The molecule has 0 aliphatic heterocycles. The van der Waals surface area contributed by atoms with Gasteiger partial charge >= 0.3 is 5.69 Å². The number of aromatic nitrogens is 3. The molecule has 1 amide bonds. The van der Waals surface area contributed by atoms with Crippen molar-refractivity contribution in [3.63, 3.8) is 0 Å². The topological polar surface area (TPSA) is 109 Å². The Kier molecular flexibility index (Phi) is 6.78. The van der Waals surface area contributed by atoms with Crippen LogP contribution in [-0.4, -0.2) is 40.1 Å². The Balaban J connectivity index is 0.00000261. The van der Waals surface area contributed by atoms with Gasteiger partial charge in [-0.05, 0) is 39.3 Å². The zero-order chi connectivity index (χ0) is 18.8. The van der Waals surface area contributed by atoms with Gasteiger partial charge in [-0.25, -0.2) is 9.78 Å². The van der Waals surface area contributed by atoms with Gasteiger partial charge in [-0.3, -0.25) is 19.1 Å². The maximum atomic E-state index is 12.8. The van der Waals surface area contributed by atoms with Crippen LogP contribution in [-0.2, 0) is 6.54 Å². The Bertz CT molecular complexity index is 948. The number of halogens is 1. The lowest BCUT2D eigenvalue weighted by molar-refractivity contribution is 0.0952. The van der Waals surface area contributed by atoms with E-state index in [1.165, 1.54) is 4.57 Å². The van der Waals surface area contributed by atoms with E-state index in [0.717, 1.165) is 25.0 Å². The van der Waals surface area contributed by atoms with E-state index in [-0.39, 0.29) is 35.3 Å². The SMILES string of the molecule is CCCn1c(=O)[nH]c(=O)c2c(C(=O)NCC(C)NC)cc(C3CC3)nc21.Cl. The van der Waals surface area contributed by atoms with Crippen molar-refractivity contribution < 1.29 is 4.79 Å². The number of carbonyl (C=O) groups is 1. The Morgan fingerprint density at radius 3 is 2.70 bits per heavy atom. The molecule has 1 saturated carbocycles. The van der Waals surface area contributed by atoms with E-state index in [2.05, 4.69) is 20.6 Å². The van der Waals surface area contributed by atoms with E-state index < -0.39 is 11.2 Å². The predicted octanol–water partition coefficient (Wildman–Crippen LogP) is 1.13. The van der Waals surface area contributed by atoms with Crippen LogP contribution in [0, 0.1) is 0 Å². The number of hydrogen-bond acceptors (Lipinski definition) is 5. The first kappa shape index (κ1) is 21.1. The molecule has 2 aromatic heterocycles. The van der Waals surface area contributed by atoms with Crippen LogP contribution < -0.4 is 21.9 Å². The summed E-state index contributed by atoms with van der Waals surface area (Å²) in [5, 5.41) is 6.08. The quantitative estimate of drug-likeness (QED) is 0.651. The van der Waals surface area contributed by atoms with Gasteiger partial charge in [0, 0.05) is 30.7 Å². The fourth-order valence-corrected chi connectivity index (χ4v) is 2.93. The summed E-state index contributed by atoms with van der Waals surface area (Å²) in [6, 6.07) is 1.81. The molecule has 3 rings (SSSR count). The average Bonchev–Trinajstić information content (AvgIpc) is 3.46. The van der Waals surface area contributed by atoms with Gasteiger partial charge in [-0.2, -0.15) is 0 Å². The number of fused-ring (bicyclic) bond motifs is 1. The van der Waals surface area contributed by atoms with Gasteiger partial charge in [0.05, 0.1) is 10.9 Å². The molecule has 0 spiro atoms. The van der Waals surface area contributed by atoms with Crippen LogP contribution >= 0.6 is 12.4 Å². The molecule has 0 aromatic carbocycles. The molecule has 1 fully saturated rings. The van der Waals surface area contributed by atoms with Crippen molar-refractivity contribution in [1.82, 2.24) is 25.2 Å². The van der Waals surface area contributed by atoms with Crippen LogP contribution in [0.25, 0.3) is 11.0 Å². The molecular formula is C18H26ClN5O3. The molecule has 148 valence electrons. The number of hydrogen-bond donors (Lipinski definition) is 3. The second-order valence-corrected chi connectivity index (χ2v) is 6.88. The van der Waals surface area contributed by atoms with Crippen LogP contribution in [0.2, 0.25) is 0 Å². The number of carbonyl (C=O) groups excluding carboxylic acids is 1. The van der Waals surface area contributed by atoms with Gasteiger partial charge in [0.1, 0.15) is 0 Å². The normalized spacial score (nSPS) is 14.6. The molecule has 0 bridgehead atoms. The minimum atomic E-state index is -0.570. The summed E-state index contributed by atoms with van der Waals surface area (Å²) in [4.78, 5) is 44.4. The van der Waals surface area contributed by atoms with Crippen molar-refractivity contribution >= 4 is 29.3 Å². The highest BCUT2D eigenvalue weighted by Crippen LogP contribution is 2.39. The van der Waals surface area contributed by atoms with Crippen molar-refractivity contribution in [2.24, 2.45) is 0 Å². The number of aryl methyl sites for hydroxylation is 1. The first-order valence-corrected chi connectivity index (χ1v) is 9.09. The number of H-pyrrole nitrogens is 1. The summed E-state index contributed by atoms with van der Waals surface area (Å²) in [6.45, 7) is 4.77. The Labute approximate surface area is 163 Å². The van der Waals surface area contributed by atoms with Crippen LogP contribution in [0.4, 0.5) is 0 Å². The number of nitrogens with one attached hydrogen (secondary N) is 3. The molecule has 27 heavy (non-hydrogen) atoms. The third kappa shape index (κ3) is 4.39. The lowest BCUT2D eigenvalue weighted by Crippen LogP contribution is -2.38. The van der Waals surface area contributed by atoms with Gasteiger partial charge in [0.2, 0.25) is 0 Å². The van der Waals surface area contributed by atoms with Crippen molar-refractivity contribution in [2.75, 3.05) is 13.6 Å². The second kappa shape index (κ2) is 8.67. The van der Waals surface area contributed by atoms with Crippen molar-refractivity contribution in [2.45, 2.75) is 51.6 Å². The van der Waals surface area contributed by atoms with Gasteiger partial charge in [0.25, 0.3) is 11.5 Å². The minimum Gasteiger partial charge on any atom is -0.350 e. The van der Waals surface area contributed by atoms with E-state index in [1.54, 1.807) is 6.07 Å². The largest absolute Gasteiger partial charge is 0.350 e. The van der Waals surface area contributed by atoms with Crippen LogP contribution in [0.3, 0.4) is 0 Å². The van der Waals surface area contributed by atoms with Crippen LogP contribution in [0.5, 0.6) is 0 Å². The lowest BCUT2D eigenvalue weighted by atomic mass is 10.1. The smallest absolute Gasteiger partial charge is 0.329 e. The minimum absolute atomic E-state index is 0. The summed E-state index contributed by atoms with van der Waals surface area (Å²) in [7, 11) is 1.82. The summed E-state index contributed by atoms with van der Waals surface area (Å²) in [5.74, 6) is -0.0276. The maximum Gasteiger partial charge on any atom is 0.329 e. The summed E-state index contributed by atoms with van der Waals surface area (Å²) >= 11 is 0. The molecule has 1 aliphatic carbocycles. The third-order valence-electron chi connectivity index (χ3n) is 4.72. The van der Waals surface area contributed by atoms with E-state index in [9.17, 15) is 14.4 Å². The number of amides is 1. The Morgan fingerprint density at radius 1 is 1.41 bits per heavy atom. The molecule has 9 heteroatoms. The zero-order valence-corrected chi connectivity index (χ0v) is 16.6. The van der Waals surface area contributed by atoms with Gasteiger partial charge < -0.3 is 10.6 Å². The summed E-state index contributed by atoms with van der Waals surface area (Å²) in [6.07, 6.45) is 2.74. The first-order valence-electron chi connectivity index (χ1n) is 9.09. The summed E-state index contributed by atoms with van der Waals surface area (Å²) in [5.41, 5.74) is 0.307. The fraction of sp³-hybridized carbons (Fsp3) is 0.556.